The number of amides is 1. The van der Waals surface area contributed by atoms with Gasteiger partial charge in [-0.3, -0.25) is 19.7 Å². The van der Waals surface area contributed by atoms with Gasteiger partial charge in [-0.2, -0.15) is 0 Å². The Morgan fingerprint density at radius 3 is 2.56 bits per heavy atom. The molecule has 0 aromatic carbocycles. The number of pyridine rings is 2. The third-order valence-electron chi connectivity index (χ3n) is 5.10. The maximum Gasteiger partial charge on any atom is 0.225 e. The Kier molecular flexibility index (Phi) is 6.22. The van der Waals surface area contributed by atoms with Gasteiger partial charge in [0.15, 0.2) is 0 Å². The minimum Gasteiger partial charge on any atom is -0.347 e. The van der Waals surface area contributed by atoms with Crippen molar-refractivity contribution in [3.05, 3.63) is 60.2 Å². The van der Waals surface area contributed by atoms with Crippen LogP contribution in [-0.4, -0.2) is 33.9 Å². The monoisotopic (exact) mass is 366 g/mol. The third-order valence-corrected chi connectivity index (χ3v) is 5.10. The van der Waals surface area contributed by atoms with Gasteiger partial charge < -0.3 is 5.32 Å². The smallest absolute Gasteiger partial charge is 0.225 e. The quantitative estimate of drug-likeness (QED) is 0.878. The van der Waals surface area contributed by atoms with Crippen LogP contribution in [0.15, 0.2) is 48.8 Å². The fraction of sp³-hybridized carbons (Fsp3) is 0.500. The first kappa shape index (κ1) is 19.5. The van der Waals surface area contributed by atoms with Gasteiger partial charge in [0.1, 0.15) is 0 Å². The van der Waals surface area contributed by atoms with Crippen molar-refractivity contribution in [2.75, 3.05) is 13.1 Å². The summed E-state index contributed by atoms with van der Waals surface area (Å²) in [5.74, 6) is 0.406. The van der Waals surface area contributed by atoms with Crippen LogP contribution in [0, 0.1) is 11.3 Å². The molecule has 1 N–H and O–H groups in total. The number of carbonyl (C=O) groups excluding carboxylic acids is 1. The lowest BCUT2D eigenvalue weighted by Crippen LogP contribution is -2.45. The van der Waals surface area contributed by atoms with Crippen molar-refractivity contribution in [1.82, 2.24) is 20.2 Å². The lowest BCUT2D eigenvalue weighted by molar-refractivity contribution is -0.130. The molecular weight excluding hydrogens is 336 g/mol. The number of carbonyl (C=O) groups is 1. The van der Waals surface area contributed by atoms with E-state index in [1.807, 2.05) is 57.3 Å². The topological polar surface area (TPSA) is 58.1 Å². The van der Waals surface area contributed by atoms with E-state index in [9.17, 15) is 4.79 Å². The number of nitrogens with one attached hydrogen (secondary N) is 1. The van der Waals surface area contributed by atoms with Crippen LogP contribution < -0.4 is 5.32 Å². The van der Waals surface area contributed by atoms with E-state index in [-0.39, 0.29) is 11.9 Å². The van der Waals surface area contributed by atoms with Crippen LogP contribution in [0.2, 0.25) is 0 Å². The molecule has 1 amide bonds. The summed E-state index contributed by atoms with van der Waals surface area (Å²) in [5, 5.41) is 3.28. The predicted molar refractivity (Wildman–Crippen MR) is 107 cm³/mol. The van der Waals surface area contributed by atoms with Crippen LogP contribution in [-0.2, 0) is 11.3 Å². The SMILES string of the molecule is CC(C)(C)C(=O)N[C@@H](c1ccccn1)[C@H]1CCCN(Cc2ccccn2)C1. The Labute approximate surface area is 162 Å². The average Bonchev–Trinajstić information content (AvgIpc) is 2.67. The second kappa shape index (κ2) is 8.61. The maximum atomic E-state index is 12.7. The molecule has 1 aliphatic rings. The van der Waals surface area contributed by atoms with Gasteiger partial charge in [-0.15, -0.1) is 0 Å². The van der Waals surface area contributed by atoms with Gasteiger partial charge >= 0.3 is 0 Å². The minimum atomic E-state index is -0.421. The van der Waals surface area contributed by atoms with Crippen LogP contribution in [0.5, 0.6) is 0 Å². The molecule has 2 atom stereocenters. The molecule has 5 heteroatoms. The molecule has 3 heterocycles. The lowest BCUT2D eigenvalue weighted by Gasteiger charge is -2.37. The first-order chi connectivity index (χ1) is 12.9. The Morgan fingerprint density at radius 1 is 1.19 bits per heavy atom. The summed E-state index contributed by atoms with van der Waals surface area (Å²) < 4.78 is 0. The Balaban J connectivity index is 1.76. The average molecular weight is 367 g/mol. The number of hydrogen-bond acceptors (Lipinski definition) is 4. The predicted octanol–water partition coefficient (Wildman–Crippen LogP) is 3.59. The van der Waals surface area contributed by atoms with Gasteiger partial charge in [-0.25, -0.2) is 0 Å². The van der Waals surface area contributed by atoms with Crippen molar-refractivity contribution >= 4 is 5.91 Å². The van der Waals surface area contributed by atoms with Gasteiger partial charge in [-0.1, -0.05) is 32.9 Å². The molecule has 0 radical (unpaired) electrons. The molecule has 0 saturated carbocycles. The highest BCUT2D eigenvalue weighted by molar-refractivity contribution is 5.81. The zero-order valence-corrected chi connectivity index (χ0v) is 16.6. The van der Waals surface area contributed by atoms with E-state index in [2.05, 4.69) is 26.3 Å². The molecule has 0 spiro atoms. The normalized spacial score (nSPS) is 19.4. The first-order valence-corrected chi connectivity index (χ1v) is 9.77. The molecule has 1 aliphatic heterocycles. The molecule has 0 aliphatic carbocycles. The number of hydrogen-bond donors (Lipinski definition) is 1. The molecule has 1 saturated heterocycles. The van der Waals surface area contributed by atoms with E-state index in [0.29, 0.717) is 5.92 Å². The standard InChI is InChI=1S/C22H30N4O/c1-22(2,3)21(27)25-20(19-11-5-7-13-24-19)17-9-8-14-26(15-17)16-18-10-4-6-12-23-18/h4-7,10-13,17,20H,8-9,14-16H2,1-3H3,(H,25,27)/t17-,20+/m0/s1. The van der Waals surface area contributed by atoms with E-state index < -0.39 is 5.41 Å². The number of piperidine rings is 1. The van der Waals surface area contributed by atoms with Crippen LogP contribution in [0.25, 0.3) is 0 Å². The third kappa shape index (κ3) is 5.36. The summed E-state index contributed by atoms with van der Waals surface area (Å²) in [6.07, 6.45) is 5.85. The molecule has 3 rings (SSSR count). The van der Waals surface area contributed by atoms with Gasteiger partial charge in [-0.05, 0) is 49.6 Å². The van der Waals surface area contributed by atoms with E-state index in [0.717, 1.165) is 43.9 Å². The molecule has 5 nitrogen and oxygen atoms in total. The van der Waals surface area contributed by atoms with Crippen LogP contribution >= 0.6 is 0 Å². The van der Waals surface area contributed by atoms with Crippen molar-refractivity contribution in [2.24, 2.45) is 11.3 Å². The van der Waals surface area contributed by atoms with Gasteiger partial charge in [0.05, 0.1) is 17.4 Å². The second-order valence-electron chi connectivity index (χ2n) is 8.41. The summed E-state index contributed by atoms with van der Waals surface area (Å²) in [6, 6.07) is 11.9. The van der Waals surface area contributed by atoms with Gasteiger partial charge in [0.25, 0.3) is 0 Å². The second-order valence-corrected chi connectivity index (χ2v) is 8.41. The van der Waals surface area contributed by atoms with Crippen molar-refractivity contribution < 1.29 is 4.79 Å². The number of aromatic nitrogens is 2. The van der Waals surface area contributed by atoms with Crippen molar-refractivity contribution in [3.8, 4) is 0 Å². The fourth-order valence-electron chi connectivity index (χ4n) is 3.58. The number of likely N-dealkylation sites (tertiary alicyclic amines) is 1. The largest absolute Gasteiger partial charge is 0.347 e. The van der Waals surface area contributed by atoms with E-state index >= 15 is 0 Å². The highest BCUT2D eigenvalue weighted by atomic mass is 16.2. The summed E-state index contributed by atoms with van der Waals surface area (Å²) in [7, 11) is 0. The number of nitrogens with zero attached hydrogens (tertiary/aromatic N) is 3. The summed E-state index contributed by atoms with van der Waals surface area (Å²) in [6.45, 7) is 8.70. The van der Waals surface area contributed by atoms with Crippen molar-refractivity contribution in [1.29, 1.82) is 0 Å². The molecule has 144 valence electrons. The van der Waals surface area contributed by atoms with Crippen LogP contribution in [0.3, 0.4) is 0 Å². The summed E-state index contributed by atoms with van der Waals surface area (Å²) in [5.41, 5.74) is 1.61. The zero-order chi connectivity index (χ0) is 19.3. The van der Waals surface area contributed by atoms with Crippen LogP contribution in [0.4, 0.5) is 0 Å². The van der Waals surface area contributed by atoms with Crippen LogP contribution in [0.1, 0.15) is 51.0 Å². The summed E-state index contributed by atoms with van der Waals surface area (Å²) >= 11 is 0. The Bertz CT molecular complexity index is 727. The summed E-state index contributed by atoms with van der Waals surface area (Å²) in [4.78, 5) is 24.2. The highest BCUT2D eigenvalue weighted by Gasteiger charge is 2.33. The molecule has 0 bridgehead atoms. The zero-order valence-electron chi connectivity index (χ0n) is 16.6. The van der Waals surface area contributed by atoms with Crippen molar-refractivity contribution in [2.45, 2.75) is 46.2 Å². The maximum absolute atomic E-state index is 12.7. The Morgan fingerprint density at radius 2 is 1.93 bits per heavy atom. The van der Waals surface area contributed by atoms with E-state index in [1.165, 1.54) is 0 Å². The lowest BCUT2D eigenvalue weighted by atomic mass is 9.86. The molecule has 27 heavy (non-hydrogen) atoms. The molecule has 2 aromatic heterocycles. The van der Waals surface area contributed by atoms with Gasteiger partial charge in [0, 0.05) is 30.9 Å². The van der Waals surface area contributed by atoms with E-state index in [1.54, 1.807) is 6.20 Å². The first-order valence-electron chi connectivity index (χ1n) is 9.77. The van der Waals surface area contributed by atoms with Gasteiger partial charge in [0.2, 0.25) is 5.91 Å². The number of rotatable bonds is 5. The molecule has 2 aromatic rings. The minimum absolute atomic E-state index is 0.0653. The Hall–Kier alpha value is -2.27. The fourth-order valence-corrected chi connectivity index (χ4v) is 3.58. The molecular formula is C22H30N4O. The molecule has 1 fully saturated rings. The highest BCUT2D eigenvalue weighted by Crippen LogP contribution is 2.30. The van der Waals surface area contributed by atoms with Crippen molar-refractivity contribution in [3.63, 3.8) is 0 Å². The molecule has 0 unspecified atom stereocenters. The van der Waals surface area contributed by atoms with E-state index in [4.69, 9.17) is 0 Å².